The number of nitrogens with zero attached hydrogens (tertiary/aromatic N) is 2. The van der Waals surface area contributed by atoms with Crippen LogP contribution in [0.4, 0.5) is 4.39 Å². The van der Waals surface area contributed by atoms with Gasteiger partial charge in [-0.15, -0.1) is 0 Å². The molecule has 0 fully saturated rings. The quantitative estimate of drug-likeness (QED) is 0.612. The average molecular weight is 244 g/mol. The van der Waals surface area contributed by atoms with Crippen molar-refractivity contribution in [2.45, 2.75) is 13.5 Å². The minimum atomic E-state index is -0.347. The molecule has 3 nitrogen and oxygen atoms in total. The molecule has 0 saturated carbocycles. The molecule has 2 aromatic rings. The summed E-state index contributed by atoms with van der Waals surface area (Å²) >= 11 is 0. The van der Waals surface area contributed by atoms with E-state index in [-0.39, 0.29) is 11.6 Å². The highest BCUT2D eigenvalue weighted by atomic mass is 19.1. The molecule has 18 heavy (non-hydrogen) atoms. The molecule has 0 amide bonds. The van der Waals surface area contributed by atoms with Gasteiger partial charge in [0.05, 0.1) is 6.20 Å². The molecule has 0 aliphatic carbocycles. The molecule has 0 bridgehead atoms. The van der Waals surface area contributed by atoms with E-state index in [1.165, 1.54) is 30.3 Å². The fraction of sp³-hybridized carbons (Fsp3) is 0.143. The Morgan fingerprint density at radius 2 is 2.11 bits per heavy atom. The molecule has 1 heterocycles. The van der Waals surface area contributed by atoms with E-state index in [9.17, 15) is 9.18 Å². The van der Waals surface area contributed by atoms with E-state index in [4.69, 9.17) is 0 Å². The Bertz CT molecular complexity index is 570. The highest BCUT2D eigenvalue weighted by molar-refractivity contribution is 6.06. The molecular formula is C14H13FN2O. The maximum Gasteiger partial charge on any atom is 0.185 e. The van der Waals surface area contributed by atoms with Crippen LogP contribution in [0.2, 0.25) is 0 Å². The summed E-state index contributed by atoms with van der Waals surface area (Å²) < 4.78 is 14.5. The maximum absolute atomic E-state index is 12.7. The number of halogens is 1. The fourth-order valence-electron chi connectivity index (χ4n) is 1.52. The molecule has 0 spiro atoms. The van der Waals surface area contributed by atoms with Crippen molar-refractivity contribution in [3.63, 3.8) is 0 Å². The van der Waals surface area contributed by atoms with Gasteiger partial charge in [-0.3, -0.25) is 9.48 Å². The number of aromatic nitrogens is 2. The van der Waals surface area contributed by atoms with Crippen LogP contribution in [-0.4, -0.2) is 15.6 Å². The van der Waals surface area contributed by atoms with Crippen LogP contribution in [0.15, 0.2) is 42.7 Å². The van der Waals surface area contributed by atoms with Gasteiger partial charge in [0.1, 0.15) is 5.82 Å². The molecule has 0 saturated heterocycles. The number of aryl methyl sites for hydroxylation is 1. The third-order valence-corrected chi connectivity index (χ3v) is 2.53. The van der Waals surface area contributed by atoms with Gasteiger partial charge >= 0.3 is 0 Å². The average Bonchev–Trinajstić information content (AvgIpc) is 2.85. The first-order valence-electron chi connectivity index (χ1n) is 5.69. The van der Waals surface area contributed by atoms with E-state index in [1.807, 2.05) is 13.1 Å². The SMILES string of the molecule is CCn1cc(/C=C/C(=O)c2ccc(F)cc2)cn1. The normalized spacial score (nSPS) is 11.0. The Labute approximate surface area is 105 Å². The summed E-state index contributed by atoms with van der Waals surface area (Å²) in [6.45, 7) is 2.78. The van der Waals surface area contributed by atoms with Crippen molar-refractivity contribution in [3.8, 4) is 0 Å². The van der Waals surface area contributed by atoms with Gasteiger partial charge in [-0.2, -0.15) is 5.10 Å². The predicted molar refractivity (Wildman–Crippen MR) is 67.7 cm³/mol. The smallest absolute Gasteiger partial charge is 0.185 e. The Kier molecular flexibility index (Phi) is 3.67. The summed E-state index contributed by atoms with van der Waals surface area (Å²) in [6, 6.07) is 5.49. The number of rotatable bonds is 4. The molecule has 0 aliphatic heterocycles. The lowest BCUT2D eigenvalue weighted by molar-refractivity contribution is 0.104. The topological polar surface area (TPSA) is 34.9 Å². The number of allylic oxidation sites excluding steroid dienone is 1. The monoisotopic (exact) mass is 244 g/mol. The Morgan fingerprint density at radius 1 is 1.39 bits per heavy atom. The van der Waals surface area contributed by atoms with Gasteiger partial charge in [0, 0.05) is 23.9 Å². The summed E-state index contributed by atoms with van der Waals surface area (Å²) in [5, 5.41) is 4.10. The molecule has 0 atom stereocenters. The van der Waals surface area contributed by atoms with Crippen LogP contribution in [0, 0.1) is 5.82 Å². The van der Waals surface area contributed by atoms with E-state index in [0.717, 1.165) is 12.1 Å². The Morgan fingerprint density at radius 3 is 2.72 bits per heavy atom. The number of hydrogen-bond acceptors (Lipinski definition) is 2. The van der Waals surface area contributed by atoms with Crippen LogP contribution in [0.25, 0.3) is 6.08 Å². The van der Waals surface area contributed by atoms with Crippen molar-refractivity contribution in [1.29, 1.82) is 0 Å². The van der Waals surface area contributed by atoms with Crippen molar-refractivity contribution in [2.24, 2.45) is 0 Å². The molecule has 0 radical (unpaired) electrons. The maximum atomic E-state index is 12.7. The summed E-state index contributed by atoms with van der Waals surface area (Å²) in [4.78, 5) is 11.8. The van der Waals surface area contributed by atoms with Crippen molar-refractivity contribution < 1.29 is 9.18 Å². The molecule has 2 rings (SSSR count). The molecule has 1 aromatic heterocycles. The number of ketones is 1. The second-order valence-electron chi connectivity index (χ2n) is 3.83. The minimum absolute atomic E-state index is 0.153. The lowest BCUT2D eigenvalue weighted by Gasteiger charge is -1.94. The highest BCUT2D eigenvalue weighted by Gasteiger charge is 2.01. The molecule has 1 aromatic carbocycles. The number of carbonyl (C=O) groups excluding carboxylic acids is 1. The van der Waals surface area contributed by atoms with Gasteiger partial charge in [0.15, 0.2) is 5.78 Å². The van der Waals surface area contributed by atoms with Gasteiger partial charge in [0.25, 0.3) is 0 Å². The van der Waals surface area contributed by atoms with Crippen LogP contribution in [0.3, 0.4) is 0 Å². The van der Waals surface area contributed by atoms with Crippen LogP contribution >= 0.6 is 0 Å². The summed E-state index contributed by atoms with van der Waals surface area (Å²) in [7, 11) is 0. The second-order valence-corrected chi connectivity index (χ2v) is 3.83. The predicted octanol–water partition coefficient (Wildman–Crippen LogP) is 2.94. The van der Waals surface area contributed by atoms with Gasteiger partial charge < -0.3 is 0 Å². The van der Waals surface area contributed by atoms with Gasteiger partial charge in [0.2, 0.25) is 0 Å². The van der Waals surface area contributed by atoms with E-state index in [0.29, 0.717) is 5.56 Å². The zero-order chi connectivity index (χ0) is 13.0. The van der Waals surface area contributed by atoms with E-state index >= 15 is 0 Å². The lowest BCUT2D eigenvalue weighted by Crippen LogP contribution is -1.93. The third-order valence-electron chi connectivity index (χ3n) is 2.53. The molecule has 92 valence electrons. The Hall–Kier alpha value is -2.23. The molecule has 0 aliphatic rings. The van der Waals surface area contributed by atoms with Crippen LogP contribution < -0.4 is 0 Å². The largest absolute Gasteiger partial charge is 0.289 e. The van der Waals surface area contributed by atoms with Crippen LogP contribution in [0.1, 0.15) is 22.8 Å². The highest BCUT2D eigenvalue weighted by Crippen LogP contribution is 2.06. The van der Waals surface area contributed by atoms with E-state index in [1.54, 1.807) is 17.0 Å². The number of benzene rings is 1. The molecule has 4 heteroatoms. The first-order valence-corrected chi connectivity index (χ1v) is 5.69. The van der Waals surface area contributed by atoms with Crippen molar-refractivity contribution in [3.05, 3.63) is 59.7 Å². The minimum Gasteiger partial charge on any atom is -0.289 e. The van der Waals surface area contributed by atoms with Crippen LogP contribution in [-0.2, 0) is 6.54 Å². The first kappa shape index (κ1) is 12.2. The van der Waals surface area contributed by atoms with Crippen molar-refractivity contribution >= 4 is 11.9 Å². The number of carbonyl (C=O) groups is 1. The number of hydrogen-bond donors (Lipinski definition) is 0. The van der Waals surface area contributed by atoms with E-state index < -0.39 is 0 Å². The van der Waals surface area contributed by atoms with Gasteiger partial charge in [-0.05, 0) is 43.3 Å². The molecule has 0 unspecified atom stereocenters. The third kappa shape index (κ3) is 2.91. The first-order chi connectivity index (χ1) is 8.69. The lowest BCUT2D eigenvalue weighted by atomic mass is 10.1. The molecular weight excluding hydrogens is 231 g/mol. The second kappa shape index (κ2) is 5.40. The van der Waals surface area contributed by atoms with Crippen molar-refractivity contribution in [2.75, 3.05) is 0 Å². The summed E-state index contributed by atoms with van der Waals surface area (Å²) in [5.41, 5.74) is 1.34. The Balaban J connectivity index is 2.09. The van der Waals surface area contributed by atoms with Crippen molar-refractivity contribution in [1.82, 2.24) is 9.78 Å². The zero-order valence-corrected chi connectivity index (χ0v) is 10.0. The summed E-state index contributed by atoms with van der Waals surface area (Å²) in [6.07, 6.45) is 6.71. The summed E-state index contributed by atoms with van der Waals surface area (Å²) in [5.74, 6) is -0.501. The van der Waals surface area contributed by atoms with Gasteiger partial charge in [-0.1, -0.05) is 0 Å². The standard InChI is InChI=1S/C14H13FN2O/c1-2-17-10-11(9-16-17)3-8-14(18)12-4-6-13(15)7-5-12/h3-10H,2H2,1H3/b8-3+. The van der Waals surface area contributed by atoms with Gasteiger partial charge in [-0.25, -0.2) is 4.39 Å². The molecule has 0 N–H and O–H groups in total. The van der Waals surface area contributed by atoms with Crippen LogP contribution in [0.5, 0.6) is 0 Å². The zero-order valence-electron chi connectivity index (χ0n) is 10.0. The van der Waals surface area contributed by atoms with E-state index in [2.05, 4.69) is 5.10 Å². The fourth-order valence-corrected chi connectivity index (χ4v) is 1.52.